The van der Waals surface area contributed by atoms with Crippen LogP contribution in [0.2, 0.25) is 5.02 Å². The van der Waals surface area contributed by atoms with Gasteiger partial charge in [0, 0.05) is 10.7 Å². The van der Waals surface area contributed by atoms with Crippen LogP contribution in [0, 0.1) is 12.7 Å². The Labute approximate surface area is 141 Å². The maximum Gasteiger partial charge on any atom is 0.265 e. The molecule has 0 aliphatic rings. The molecule has 0 saturated heterocycles. The number of amides is 1. The number of anilines is 1. The van der Waals surface area contributed by atoms with Gasteiger partial charge in [0.1, 0.15) is 11.6 Å². The maximum atomic E-state index is 13.0. The number of ether oxygens (including phenoxy) is 1. The average molecular weight is 387 g/mol. The highest BCUT2D eigenvalue weighted by Gasteiger charge is 2.17. The van der Waals surface area contributed by atoms with E-state index in [4.69, 9.17) is 16.3 Å². The van der Waals surface area contributed by atoms with Crippen molar-refractivity contribution in [3.63, 3.8) is 0 Å². The van der Waals surface area contributed by atoms with E-state index in [0.29, 0.717) is 20.9 Å². The molecule has 0 aliphatic heterocycles. The number of rotatable bonds is 4. The highest BCUT2D eigenvalue weighted by molar-refractivity contribution is 9.10. The lowest BCUT2D eigenvalue weighted by atomic mass is 10.2. The molecule has 1 amide bonds. The van der Waals surface area contributed by atoms with Gasteiger partial charge in [-0.05, 0) is 65.7 Å². The van der Waals surface area contributed by atoms with Gasteiger partial charge in [0.15, 0.2) is 6.10 Å². The summed E-state index contributed by atoms with van der Waals surface area (Å²) >= 11 is 9.12. The van der Waals surface area contributed by atoms with Gasteiger partial charge in [-0.2, -0.15) is 0 Å². The third kappa shape index (κ3) is 4.21. The van der Waals surface area contributed by atoms with Crippen molar-refractivity contribution in [3.05, 3.63) is 57.3 Å². The fourth-order valence-corrected chi connectivity index (χ4v) is 2.39. The summed E-state index contributed by atoms with van der Waals surface area (Å²) in [6.07, 6.45) is -0.750. The molecule has 6 heteroatoms. The monoisotopic (exact) mass is 385 g/mol. The smallest absolute Gasteiger partial charge is 0.265 e. The van der Waals surface area contributed by atoms with Crippen molar-refractivity contribution >= 4 is 39.1 Å². The number of aryl methyl sites for hydroxylation is 1. The van der Waals surface area contributed by atoms with Crippen molar-refractivity contribution in [1.29, 1.82) is 0 Å². The van der Waals surface area contributed by atoms with Gasteiger partial charge in [-0.15, -0.1) is 0 Å². The molecule has 0 saturated carbocycles. The molecule has 1 N–H and O–H groups in total. The van der Waals surface area contributed by atoms with Crippen molar-refractivity contribution in [2.24, 2.45) is 0 Å². The van der Waals surface area contributed by atoms with E-state index < -0.39 is 6.10 Å². The van der Waals surface area contributed by atoms with Gasteiger partial charge >= 0.3 is 0 Å². The Balaban J connectivity index is 2.07. The zero-order valence-corrected chi connectivity index (χ0v) is 14.3. The molecule has 0 spiro atoms. The van der Waals surface area contributed by atoms with Crippen molar-refractivity contribution in [2.75, 3.05) is 5.32 Å². The van der Waals surface area contributed by atoms with Crippen LogP contribution < -0.4 is 10.1 Å². The summed E-state index contributed by atoms with van der Waals surface area (Å²) in [5.74, 6) is -0.306. The average Bonchev–Trinajstić information content (AvgIpc) is 2.45. The summed E-state index contributed by atoms with van der Waals surface area (Å²) in [5, 5.41) is 3.30. The lowest BCUT2D eigenvalue weighted by Crippen LogP contribution is -2.30. The first-order chi connectivity index (χ1) is 10.4. The number of hydrogen-bond acceptors (Lipinski definition) is 2. The summed E-state index contributed by atoms with van der Waals surface area (Å²) in [6.45, 7) is 3.49. The molecule has 0 aromatic heterocycles. The first-order valence-corrected chi connectivity index (χ1v) is 7.72. The lowest BCUT2D eigenvalue weighted by molar-refractivity contribution is -0.122. The molecular weight excluding hydrogens is 373 g/mol. The summed E-state index contributed by atoms with van der Waals surface area (Å²) < 4.78 is 19.0. The molecule has 2 aromatic carbocycles. The Morgan fingerprint density at radius 3 is 2.73 bits per heavy atom. The van der Waals surface area contributed by atoms with Gasteiger partial charge in [-0.25, -0.2) is 4.39 Å². The van der Waals surface area contributed by atoms with Crippen molar-refractivity contribution in [1.82, 2.24) is 0 Å². The minimum atomic E-state index is -0.750. The summed E-state index contributed by atoms with van der Waals surface area (Å²) in [7, 11) is 0. The van der Waals surface area contributed by atoms with Crippen LogP contribution in [0.4, 0.5) is 10.1 Å². The number of nitrogens with one attached hydrogen (secondary N) is 1. The van der Waals surface area contributed by atoms with Crippen LogP contribution in [0.3, 0.4) is 0 Å². The fourth-order valence-electron chi connectivity index (χ4n) is 1.78. The van der Waals surface area contributed by atoms with E-state index in [1.54, 1.807) is 19.1 Å². The minimum Gasteiger partial charge on any atom is -0.480 e. The highest BCUT2D eigenvalue weighted by atomic mass is 79.9. The Bertz CT molecular complexity index is 709. The van der Waals surface area contributed by atoms with Crippen molar-refractivity contribution in [2.45, 2.75) is 20.0 Å². The molecule has 0 fully saturated rings. The molecule has 0 bridgehead atoms. The summed E-state index contributed by atoms with van der Waals surface area (Å²) in [6, 6.07) is 9.26. The zero-order chi connectivity index (χ0) is 16.3. The molecule has 0 radical (unpaired) electrons. The van der Waals surface area contributed by atoms with E-state index >= 15 is 0 Å². The number of hydrogen-bond donors (Lipinski definition) is 1. The van der Waals surface area contributed by atoms with Crippen LogP contribution in [-0.4, -0.2) is 12.0 Å². The molecule has 0 heterocycles. The Morgan fingerprint density at radius 2 is 2.05 bits per heavy atom. The maximum absolute atomic E-state index is 13.0. The van der Waals surface area contributed by atoms with E-state index in [2.05, 4.69) is 21.2 Å². The van der Waals surface area contributed by atoms with Crippen LogP contribution in [-0.2, 0) is 4.79 Å². The van der Waals surface area contributed by atoms with Crippen LogP contribution in [0.25, 0.3) is 0 Å². The van der Waals surface area contributed by atoms with E-state index in [1.165, 1.54) is 18.2 Å². The van der Waals surface area contributed by atoms with Gasteiger partial charge in [-0.3, -0.25) is 4.79 Å². The third-order valence-corrected chi connectivity index (χ3v) is 3.88. The van der Waals surface area contributed by atoms with Crippen LogP contribution in [0.15, 0.2) is 40.9 Å². The third-order valence-electron chi connectivity index (χ3n) is 3.02. The number of halogens is 3. The van der Waals surface area contributed by atoms with E-state index in [0.717, 1.165) is 5.56 Å². The molecular formula is C16H14BrClFNO2. The van der Waals surface area contributed by atoms with Crippen molar-refractivity contribution in [3.8, 4) is 5.75 Å². The number of carbonyl (C=O) groups excluding carboxylic acids is 1. The van der Waals surface area contributed by atoms with Gasteiger partial charge in [0.25, 0.3) is 5.91 Å². The van der Waals surface area contributed by atoms with Crippen LogP contribution in [0.1, 0.15) is 12.5 Å². The summed E-state index contributed by atoms with van der Waals surface area (Å²) in [5.41, 5.74) is 1.53. The number of carbonyl (C=O) groups is 1. The SMILES string of the molecule is Cc1ccc(Cl)cc1NC(=O)[C@H](C)Oc1ccc(F)cc1Br. The number of benzene rings is 2. The van der Waals surface area contributed by atoms with Gasteiger partial charge < -0.3 is 10.1 Å². The molecule has 0 aliphatic carbocycles. The Morgan fingerprint density at radius 1 is 1.32 bits per heavy atom. The highest BCUT2D eigenvalue weighted by Crippen LogP contribution is 2.27. The van der Waals surface area contributed by atoms with E-state index in [9.17, 15) is 9.18 Å². The molecule has 2 aromatic rings. The second kappa shape index (κ2) is 7.11. The summed E-state index contributed by atoms with van der Waals surface area (Å²) in [4.78, 5) is 12.2. The molecule has 0 unspecified atom stereocenters. The molecule has 3 nitrogen and oxygen atoms in total. The molecule has 116 valence electrons. The minimum absolute atomic E-state index is 0.318. The predicted molar refractivity (Wildman–Crippen MR) is 89.0 cm³/mol. The lowest BCUT2D eigenvalue weighted by Gasteiger charge is -2.16. The van der Waals surface area contributed by atoms with Gasteiger partial charge in [0.05, 0.1) is 4.47 Å². The molecule has 22 heavy (non-hydrogen) atoms. The quantitative estimate of drug-likeness (QED) is 0.807. The predicted octanol–water partition coefficient (Wildman–Crippen LogP) is 4.96. The fraction of sp³-hybridized carbons (Fsp3) is 0.188. The van der Waals surface area contributed by atoms with Crippen LogP contribution in [0.5, 0.6) is 5.75 Å². The van der Waals surface area contributed by atoms with Gasteiger partial charge in [0.2, 0.25) is 0 Å². The first-order valence-electron chi connectivity index (χ1n) is 6.55. The van der Waals surface area contributed by atoms with Crippen LogP contribution >= 0.6 is 27.5 Å². The van der Waals surface area contributed by atoms with Crippen molar-refractivity contribution < 1.29 is 13.9 Å². The standard InChI is InChI=1S/C16H14BrClFNO2/c1-9-3-4-11(18)7-14(9)20-16(21)10(2)22-15-6-5-12(19)8-13(15)17/h3-8,10H,1-2H3,(H,20,21)/t10-/m0/s1. The molecule has 2 rings (SSSR count). The normalized spacial score (nSPS) is 11.9. The largest absolute Gasteiger partial charge is 0.480 e. The molecule has 1 atom stereocenters. The van der Waals surface area contributed by atoms with E-state index in [-0.39, 0.29) is 11.7 Å². The zero-order valence-electron chi connectivity index (χ0n) is 12.0. The Hall–Kier alpha value is -1.59. The topological polar surface area (TPSA) is 38.3 Å². The second-order valence-electron chi connectivity index (χ2n) is 4.78. The first kappa shape index (κ1) is 16.8. The van der Waals surface area contributed by atoms with Gasteiger partial charge in [-0.1, -0.05) is 17.7 Å². The second-order valence-corrected chi connectivity index (χ2v) is 6.07. The Kier molecular flexibility index (Phi) is 5.42. The van der Waals surface area contributed by atoms with E-state index in [1.807, 2.05) is 13.0 Å².